The van der Waals surface area contributed by atoms with E-state index in [1.54, 1.807) is 4.90 Å². The summed E-state index contributed by atoms with van der Waals surface area (Å²) in [5.74, 6) is 1.40. The van der Waals surface area contributed by atoms with Crippen LogP contribution in [0.2, 0.25) is 0 Å². The minimum absolute atomic E-state index is 0.00240. The molecule has 1 atom stereocenters. The summed E-state index contributed by atoms with van der Waals surface area (Å²) in [7, 11) is 0. The van der Waals surface area contributed by atoms with Crippen molar-refractivity contribution in [1.82, 2.24) is 4.90 Å². The molecule has 1 aromatic rings. The lowest BCUT2D eigenvalue weighted by atomic mass is 10.0. The summed E-state index contributed by atoms with van der Waals surface area (Å²) in [6.07, 6.45) is 0.967. The SMILES string of the molecule is CC(C)Oc1ccc2c(c1)OCN(CCO)C2C=O. The normalized spacial score (nSPS) is 18.8. The maximum absolute atomic E-state index is 11.3. The molecule has 104 valence electrons. The lowest BCUT2D eigenvalue weighted by molar-refractivity contribution is -0.115. The topological polar surface area (TPSA) is 59.0 Å². The van der Waals surface area contributed by atoms with E-state index in [0.717, 1.165) is 17.6 Å². The van der Waals surface area contributed by atoms with Gasteiger partial charge < -0.3 is 19.4 Å². The van der Waals surface area contributed by atoms with E-state index in [1.807, 2.05) is 32.0 Å². The summed E-state index contributed by atoms with van der Waals surface area (Å²) in [5, 5.41) is 8.99. The molecular weight excluding hydrogens is 246 g/mol. The van der Waals surface area contributed by atoms with E-state index >= 15 is 0 Å². The van der Waals surface area contributed by atoms with Gasteiger partial charge in [-0.05, 0) is 26.0 Å². The molecule has 0 saturated heterocycles. The van der Waals surface area contributed by atoms with Gasteiger partial charge in [0.15, 0.2) is 0 Å². The highest BCUT2D eigenvalue weighted by Crippen LogP contribution is 2.35. The molecule has 5 nitrogen and oxygen atoms in total. The number of aliphatic hydroxyl groups is 1. The molecule has 0 bridgehead atoms. The molecule has 0 saturated carbocycles. The number of aldehydes is 1. The number of aliphatic hydroxyl groups excluding tert-OH is 1. The Kier molecular flexibility index (Phi) is 4.39. The van der Waals surface area contributed by atoms with E-state index in [-0.39, 0.29) is 18.8 Å². The molecule has 0 aliphatic carbocycles. The van der Waals surface area contributed by atoms with Gasteiger partial charge in [0, 0.05) is 18.2 Å². The minimum atomic E-state index is -0.371. The van der Waals surface area contributed by atoms with Gasteiger partial charge in [-0.25, -0.2) is 0 Å². The standard InChI is InChI=1S/C14H19NO4/c1-10(2)19-11-3-4-12-13(8-17)15(5-6-16)9-18-14(12)7-11/h3-4,7-8,10,13,16H,5-6,9H2,1-2H3. The molecule has 0 fully saturated rings. The van der Waals surface area contributed by atoms with Crippen molar-refractivity contribution in [3.8, 4) is 11.5 Å². The second-order valence-corrected chi connectivity index (χ2v) is 4.76. The summed E-state index contributed by atoms with van der Waals surface area (Å²) in [6.45, 7) is 4.61. The van der Waals surface area contributed by atoms with E-state index < -0.39 is 0 Å². The van der Waals surface area contributed by atoms with Crippen molar-refractivity contribution in [2.45, 2.75) is 26.0 Å². The summed E-state index contributed by atoms with van der Waals surface area (Å²) in [6, 6.07) is 5.11. The number of ether oxygens (including phenoxy) is 2. The fourth-order valence-electron chi connectivity index (χ4n) is 2.15. The van der Waals surface area contributed by atoms with Crippen molar-refractivity contribution in [2.75, 3.05) is 19.9 Å². The van der Waals surface area contributed by atoms with Crippen LogP contribution in [0.15, 0.2) is 18.2 Å². The maximum Gasteiger partial charge on any atom is 0.143 e. The quantitative estimate of drug-likeness (QED) is 0.815. The molecule has 0 amide bonds. The van der Waals surface area contributed by atoms with Gasteiger partial charge in [0.05, 0.1) is 18.8 Å². The van der Waals surface area contributed by atoms with Gasteiger partial charge in [0.1, 0.15) is 24.5 Å². The highest BCUT2D eigenvalue weighted by Gasteiger charge is 2.28. The lowest BCUT2D eigenvalue weighted by Gasteiger charge is -2.33. The zero-order valence-electron chi connectivity index (χ0n) is 11.2. The van der Waals surface area contributed by atoms with E-state index in [2.05, 4.69) is 0 Å². The third kappa shape index (κ3) is 3.05. The monoisotopic (exact) mass is 265 g/mol. The predicted octanol–water partition coefficient (Wildman–Crippen LogP) is 1.36. The first-order valence-corrected chi connectivity index (χ1v) is 6.39. The fourth-order valence-corrected chi connectivity index (χ4v) is 2.15. The van der Waals surface area contributed by atoms with Crippen LogP contribution >= 0.6 is 0 Å². The molecule has 2 rings (SSSR count). The van der Waals surface area contributed by atoms with Gasteiger partial charge in [-0.2, -0.15) is 0 Å². The van der Waals surface area contributed by atoms with Gasteiger partial charge in [-0.15, -0.1) is 0 Å². The average molecular weight is 265 g/mol. The number of rotatable bonds is 5. The Bertz CT molecular complexity index is 447. The van der Waals surface area contributed by atoms with Crippen molar-refractivity contribution < 1.29 is 19.4 Å². The van der Waals surface area contributed by atoms with Crippen molar-refractivity contribution in [3.05, 3.63) is 23.8 Å². The Balaban J connectivity index is 2.25. The van der Waals surface area contributed by atoms with E-state index in [9.17, 15) is 4.79 Å². The second-order valence-electron chi connectivity index (χ2n) is 4.76. The first-order chi connectivity index (χ1) is 9.15. The van der Waals surface area contributed by atoms with Gasteiger partial charge in [0.25, 0.3) is 0 Å². The molecular formula is C14H19NO4. The van der Waals surface area contributed by atoms with Crippen LogP contribution in [0, 0.1) is 0 Å². The van der Waals surface area contributed by atoms with E-state index in [4.69, 9.17) is 14.6 Å². The number of β-amino-alcohol motifs (C(OH)–C–C–N with tert-alkyl or cyclic N) is 1. The Labute approximate surface area is 112 Å². The summed E-state index contributed by atoms with van der Waals surface area (Å²) in [4.78, 5) is 13.1. The van der Waals surface area contributed by atoms with Crippen LogP contribution in [-0.2, 0) is 4.79 Å². The minimum Gasteiger partial charge on any atom is -0.491 e. The number of nitrogens with zero attached hydrogens (tertiary/aromatic N) is 1. The molecule has 0 spiro atoms. The summed E-state index contributed by atoms with van der Waals surface area (Å²) >= 11 is 0. The van der Waals surface area contributed by atoms with Crippen molar-refractivity contribution in [2.24, 2.45) is 0 Å². The Morgan fingerprint density at radius 3 is 3.00 bits per heavy atom. The third-order valence-corrected chi connectivity index (χ3v) is 2.97. The van der Waals surface area contributed by atoms with Gasteiger partial charge in [-0.1, -0.05) is 0 Å². The predicted molar refractivity (Wildman–Crippen MR) is 70.3 cm³/mol. The van der Waals surface area contributed by atoms with Crippen LogP contribution in [0.1, 0.15) is 25.5 Å². The Hall–Kier alpha value is -1.59. The van der Waals surface area contributed by atoms with Gasteiger partial charge in [-0.3, -0.25) is 4.90 Å². The van der Waals surface area contributed by atoms with Crippen LogP contribution in [0.4, 0.5) is 0 Å². The maximum atomic E-state index is 11.3. The molecule has 19 heavy (non-hydrogen) atoms. The second kappa shape index (κ2) is 6.04. The molecule has 1 N–H and O–H groups in total. The van der Waals surface area contributed by atoms with Crippen LogP contribution in [0.3, 0.4) is 0 Å². The molecule has 0 aromatic heterocycles. The zero-order valence-corrected chi connectivity index (χ0v) is 11.2. The van der Waals surface area contributed by atoms with Crippen LogP contribution in [-0.4, -0.2) is 42.3 Å². The number of carbonyl (C=O) groups excluding carboxylic acids is 1. The third-order valence-electron chi connectivity index (χ3n) is 2.97. The number of hydrogen-bond donors (Lipinski definition) is 1. The molecule has 1 unspecified atom stereocenters. The molecule has 1 aliphatic heterocycles. The highest BCUT2D eigenvalue weighted by molar-refractivity contribution is 5.65. The van der Waals surface area contributed by atoms with Crippen LogP contribution in [0.25, 0.3) is 0 Å². The lowest BCUT2D eigenvalue weighted by Crippen LogP contribution is -2.39. The highest BCUT2D eigenvalue weighted by atomic mass is 16.5. The number of hydrogen-bond acceptors (Lipinski definition) is 5. The van der Waals surface area contributed by atoms with Crippen LogP contribution < -0.4 is 9.47 Å². The molecule has 1 heterocycles. The summed E-state index contributed by atoms with van der Waals surface area (Å²) < 4.78 is 11.2. The number of fused-ring (bicyclic) bond motifs is 1. The largest absolute Gasteiger partial charge is 0.491 e. The van der Waals surface area contributed by atoms with Crippen molar-refractivity contribution in [1.29, 1.82) is 0 Å². The first kappa shape index (κ1) is 13.8. The van der Waals surface area contributed by atoms with Gasteiger partial charge >= 0.3 is 0 Å². The Morgan fingerprint density at radius 2 is 2.37 bits per heavy atom. The molecule has 1 aliphatic rings. The van der Waals surface area contributed by atoms with Crippen LogP contribution in [0.5, 0.6) is 11.5 Å². The molecule has 5 heteroatoms. The smallest absolute Gasteiger partial charge is 0.143 e. The molecule has 0 radical (unpaired) electrons. The van der Waals surface area contributed by atoms with E-state index in [0.29, 0.717) is 19.0 Å². The van der Waals surface area contributed by atoms with Gasteiger partial charge in [0.2, 0.25) is 0 Å². The van der Waals surface area contributed by atoms with Crippen molar-refractivity contribution >= 4 is 6.29 Å². The average Bonchev–Trinajstić information content (AvgIpc) is 2.38. The van der Waals surface area contributed by atoms with Crippen molar-refractivity contribution in [3.63, 3.8) is 0 Å². The van der Waals surface area contributed by atoms with E-state index in [1.165, 1.54) is 0 Å². The Morgan fingerprint density at radius 1 is 1.58 bits per heavy atom. The number of carbonyl (C=O) groups is 1. The fraction of sp³-hybridized carbons (Fsp3) is 0.500. The summed E-state index contributed by atoms with van der Waals surface area (Å²) in [5.41, 5.74) is 0.811. The molecule has 1 aromatic carbocycles. The zero-order chi connectivity index (χ0) is 13.8. The first-order valence-electron chi connectivity index (χ1n) is 6.39. The number of benzene rings is 1.